The molecule has 1 nitrogen and oxygen atoms in total. The van der Waals surface area contributed by atoms with Gasteiger partial charge in [-0.05, 0) is 35.8 Å². The van der Waals surface area contributed by atoms with Crippen molar-refractivity contribution in [1.29, 1.82) is 0 Å². The minimum Gasteiger partial charge on any atom is -0.310 e. The van der Waals surface area contributed by atoms with Crippen molar-refractivity contribution < 1.29 is 0 Å². The Hall–Kier alpha value is 0.310. The zero-order valence-corrected chi connectivity index (χ0v) is 12.8. The van der Waals surface area contributed by atoms with E-state index in [1.54, 1.807) is 0 Å². The van der Waals surface area contributed by atoms with E-state index in [1.165, 1.54) is 37.2 Å². The zero-order chi connectivity index (χ0) is 12.5. The molecule has 4 atom stereocenters. The number of hydrogen-bond acceptors (Lipinski definition) is 2. The molecule has 1 aliphatic heterocycles. The van der Waals surface area contributed by atoms with E-state index in [0.29, 0.717) is 5.41 Å². The fourth-order valence-electron chi connectivity index (χ4n) is 3.29. The molecule has 1 aliphatic carbocycles. The Labute approximate surface area is 112 Å². The fourth-order valence-corrected chi connectivity index (χ4v) is 4.91. The highest BCUT2D eigenvalue weighted by atomic mass is 32.2. The molecule has 100 valence electrons. The van der Waals surface area contributed by atoms with Gasteiger partial charge in [-0.25, -0.2) is 0 Å². The quantitative estimate of drug-likeness (QED) is 0.802. The fraction of sp³-hybridized carbons (Fsp3) is 1.00. The summed E-state index contributed by atoms with van der Waals surface area (Å²) in [6, 6.07) is 1.49. The van der Waals surface area contributed by atoms with E-state index in [2.05, 4.69) is 44.8 Å². The average Bonchev–Trinajstić information content (AvgIpc) is 2.27. The molecule has 0 aromatic heterocycles. The molecule has 1 heterocycles. The van der Waals surface area contributed by atoms with Gasteiger partial charge in [-0.1, -0.05) is 40.5 Å². The molecule has 1 N–H and O–H groups in total. The number of nitrogens with one attached hydrogen (secondary N) is 1. The third kappa shape index (κ3) is 3.20. The highest BCUT2D eigenvalue weighted by molar-refractivity contribution is 7.99. The summed E-state index contributed by atoms with van der Waals surface area (Å²) in [4.78, 5) is 0. The van der Waals surface area contributed by atoms with Crippen molar-refractivity contribution in [1.82, 2.24) is 5.32 Å². The topological polar surface area (TPSA) is 12.0 Å². The molecule has 1 saturated heterocycles. The lowest BCUT2D eigenvalue weighted by Crippen LogP contribution is -2.53. The van der Waals surface area contributed by atoms with Gasteiger partial charge in [-0.3, -0.25) is 0 Å². The van der Waals surface area contributed by atoms with Gasteiger partial charge in [0.25, 0.3) is 0 Å². The van der Waals surface area contributed by atoms with E-state index in [0.717, 1.165) is 23.9 Å². The van der Waals surface area contributed by atoms with Crippen LogP contribution in [0.4, 0.5) is 0 Å². The van der Waals surface area contributed by atoms with Crippen molar-refractivity contribution in [2.45, 2.75) is 65.5 Å². The van der Waals surface area contributed by atoms with Gasteiger partial charge in [0.1, 0.15) is 0 Å². The first kappa shape index (κ1) is 13.7. The number of hydrogen-bond donors (Lipinski definition) is 1. The Bertz CT molecular complexity index is 251. The standard InChI is InChI=1S/C15H29NS/c1-11-6-5-7-13(12(11)2)16-14-10-17-9-8-15(14,3)4/h11-14,16H,5-10H2,1-4H3. The summed E-state index contributed by atoms with van der Waals surface area (Å²) in [5.41, 5.74) is 0.492. The third-order valence-electron chi connectivity index (χ3n) is 5.24. The SMILES string of the molecule is CC1CCCC(NC2CSCCC2(C)C)C1C. The van der Waals surface area contributed by atoms with Crippen molar-refractivity contribution in [2.24, 2.45) is 17.3 Å². The molecule has 2 heteroatoms. The summed E-state index contributed by atoms with van der Waals surface area (Å²) in [5.74, 6) is 4.42. The van der Waals surface area contributed by atoms with Crippen LogP contribution in [0.15, 0.2) is 0 Å². The van der Waals surface area contributed by atoms with Gasteiger partial charge in [0.15, 0.2) is 0 Å². The second-order valence-electron chi connectivity index (χ2n) is 6.91. The van der Waals surface area contributed by atoms with E-state index in [4.69, 9.17) is 0 Å². The predicted molar refractivity (Wildman–Crippen MR) is 78.6 cm³/mol. The van der Waals surface area contributed by atoms with Crippen molar-refractivity contribution in [3.63, 3.8) is 0 Å². The Morgan fingerprint density at radius 3 is 2.65 bits per heavy atom. The number of rotatable bonds is 2. The van der Waals surface area contributed by atoms with Gasteiger partial charge in [0.05, 0.1) is 0 Å². The summed E-state index contributed by atoms with van der Waals surface area (Å²) in [6.45, 7) is 9.77. The Balaban J connectivity index is 1.95. The van der Waals surface area contributed by atoms with Gasteiger partial charge in [-0.15, -0.1) is 0 Å². The molecule has 0 bridgehead atoms. The molecule has 0 radical (unpaired) electrons. The average molecular weight is 255 g/mol. The second-order valence-corrected chi connectivity index (χ2v) is 8.06. The first-order chi connectivity index (χ1) is 8.00. The van der Waals surface area contributed by atoms with Crippen LogP contribution in [0.3, 0.4) is 0 Å². The van der Waals surface area contributed by atoms with Crippen LogP contribution < -0.4 is 5.32 Å². The van der Waals surface area contributed by atoms with Crippen LogP contribution in [-0.4, -0.2) is 23.6 Å². The molecule has 0 aromatic rings. The maximum Gasteiger partial charge on any atom is 0.0212 e. The highest BCUT2D eigenvalue weighted by Gasteiger charge is 2.36. The monoisotopic (exact) mass is 255 g/mol. The summed E-state index contributed by atoms with van der Waals surface area (Å²) in [7, 11) is 0. The van der Waals surface area contributed by atoms with Crippen molar-refractivity contribution in [3.8, 4) is 0 Å². The maximum atomic E-state index is 4.01. The van der Waals surface area contributed by atoms with Gasteiger partial charge < -0.3 is 5.32 Å². The van der Waals surface area contributed by atoms with E-state index in [1.807, 2.05) is 0 Å². The Kier molecular flexibility index (Phi) is 4.46. The van der Waals surface area contributed by atoms with Crippen LogP contribution in [0.5, 0.6) is 0 Å². The van der Waals surface area contributed by atoms with Crippen molar-refractivity contribution >= 4 is 11.8 Å². The molecule has 0 amide bonds. The molecule has 4 unspecified atom stereocenters. The van der Waals surface area contributed by atoms with Gasteiger partial charge in [-0.2, -0.15) is 11.8 Å². The molecule has 2 aliphatic rings. The van der Waals surface area contributed by atoms with Crippen LogP contribution in [0.2, 0.25) is 0 Å². The lowest BCUT2D eigenvalue weighted by Gasteiger charge is -2.44. The second kappa shape index (κ2) is 5.52. The van der Waals surface area contributed by atoms with Crippen LogP contribution in [-0.2, 0) is 0 Å². The lowest BCUT2D eigenvalue weighted by molar-refractivity contribution is 0.153. The smallest absolute Gasteiger partial charge is 0.0212 e. The van der Waals surface area contributed by atoms with Crippen LogP contribution in [0.1, 0.15) is 53.4 Å². The predicted octanol–water partition coefficient (Wildman–Crippen LogP) is 3.93. The van der Waals surface area contributed by atoms with E-state index in [-0.39, 0.29) is 0 Å². The molecule has 0 aromatic carbocycles. The summed E-state index contributed by atoms with van der Waals surface area (Å²) >= 11 is 2.13. The van der Waals surface area contributed by atoms with Crippen LogP contribution in [0.25, 0.3) is 0 Å². The van der Waals surface area contributed by atoms with Gasteiger partial charge in [0.2, 0.25) is 0 Å². The molecule has 17 heavy (non-hydrogen) atoms. The summed E-state index contributed by atoms with van der Waals surface area (Å²) in [5, 5.41) is 4.01. The highest BCUT2D eigenvalue weighted by Crippen LogP contribution is 2.36. The lowest BCUT2D eigenvalue weighted by atomic mass is 9.76. The molecule has 2 rings (SSSR count). The Morgan fingerprint density at radius 1 is 1.18 bits per heavy atom. The van der Waals surface area contributed by atoms with Crippen LogP contribution >= 0.6 is 11.8 Å². The third-order valence-corrected chi connectivity index (χ3v) is 6.30. The molecular weight excluding hydrogens is 226 g/mol. The van der Waals surface area contributed by atoms with Gasteiger partial charge >= 0.3 is 0 Å². The van der Waals surface area contributed by atoms with E-state index < -0.39 is 0 Å². The molecule has 0 spiro atoms. The molecule has 1 saturated carbocycles. The normalized spacial score (nSPS) is 42.4. The van der Waals surface area contributed by atoms with Crippen molar-refractivity contribution in [3.05, 3.63) is 0 Å². The Morgan fingerprint density at radius 2 is 1.94 bits per heavy atom. The van der Waals surface area contributed by atoms with E-state index >= 15 is 0 Å². The summed E-state index contributed by atoms with van der Waals surface area (Å²) in [6.07, 6.45) is 5.61. The zero-order valence-electron chi connectivity index (χ0n) is 12.0. The first-order valence-corrected chi connectivity index (χ1v) is 8.50. The summed E-state index contributed by atoms with van der Waals surface area (Å²) < 4.78 is 0. The number of thioether (sulfide) groups is 1. The van der Waals surface area contributed by atoms with Gasteiger partial charge in [0, 0.05) is 17.8 Å². The van der Waals surface area contributed by atoms with Crippen molar-refractivity contribution in [2.75, 3.05) is 11.5 Å². The maximum absolute atomic E-state index is 4.01. The largest absolute Gasteiger partial charge is 0.310 e. The van der Waals surface area contributed by atoms with E-state index in [9.17, 15) is 0 Å². The molecular formula is C15H29NS. The molecule has 2 fully saturated rings. The minimum atomic E-state index is 0.492. The van der Waals surface area contributed by atoms with Crippen LogP contribution in [0, 0.1) is 17.3 Å². The first-order valence-electron chi connectivity index (χ1n) is 7.34. The minimum absolute atomic E-state index is 0.492.